The van der Waals surface area contributed by atoms with Gasteiger partial charge < -0.3 is 5.11 Å². The third kappa shape index (κ3) is 9.29. The molecular weight excluding hydrogens is 974 g/mol. The number of benzene rings is 7. The van der Waals surface area contributed by atoms with Crippen molar-refractivity contribution in [3.8, 4) is 78.6 Å². The summed E-state index contributed by atoms with van der Waals surface area (Å²) in [4.78, 5) is 9.94. The van der Waals surface area contributed by atoms with Gasteiger partial charge in [-0.05, 0) is 92.4 Å². The van der Waals surface area contributed by atoms with Crippen LogP contribution in [0.3, 0.4) is 0 Å². The summed E-state index contributed by atoms with van der Waals surface area (Å²) in [6.45, 7) is -20.5. The summed E-state index contributed by atoms with van der Waals surface area (Å²) in [6, 6.07) is 51.6. The first-order chi connectivity index (χ1) is 38.2. The van der Waals surface area contributed by atoms with E-state index in [4.69, 9.17) is 34.6 Å². The molecule has 0 saturated carbocycles. The van der Waals surface area contributed by atoms with Gasteiger partial charge in [0.15, 0.2) is 0 Å². The Morgan fingerprint density at radius 3 is 1.91 bits per heavy atom. The summed E-state index contributed by atoms with van der Waals surface area (Å²) in [7, 11) is 0. The van der Waals surface area contributed by atoms with Gasteiger partial charge >= 0.3 is 0 Å². The number of phenols is 1. The second kappa shape index (κ2) is 18.3. The van der Waals surface area contributed by atoms with Crippen molar-refractivity contribution in [3.63, 3.8) is 0 Å². The molecule has 0 spiro atoms. The number of rotatable bonds is 9. The zero-order valence-electron chi connectivity index (χ0n) is 53.6. The molecule has 5 heteroatoms. The SMILES string of the molecule is [2H]C([2H])([2H])C(c1cc(-c2nc3c(-c4[c-]c(-c5cc(-c6ccccc6)ccn5)cc(-c5ccccc5)c4)cccc3n2-c2ccc(-c3ccccc3)c(CC(C)C)c2)c(O)c(C(C([2H])([2H])[2H])(C([2H])([2H])[2H])C([2H])([2H])[2H])c1)(C([2H])([2H])[2H])C([2H])([2H])[2H].[Pt]. The summed E-state index contributed by atoms with van der Waals surface area (Å²) >= 11 is 0. The van der Waals surface area contributed by atoms with Gasteiger partial charge in [0, 0.05) is 68.9 Å². The molecule has 328 valence electrons. The molecule has 0 amide bonds. The van der Waals surface area contributed by atoms with Gasteiger partial charge in [0.2, 0.25) is 0 Å². The minimum absolute atomic E-state index is 0. The molecule has 9 aromatic rings. The molecule has 2 aromatic heterocycles. The molecule has 0 radical (unpaired) electrons. The van der Waals surface area contributed by atoms with Crippen LogP contribution in [0.25, 0.3) is 83.9 Å². The molecule has 0 fully saturated rings. The number of aromatic hydroxyl groups is 1. The predicted octanol–water partition coefficient (Wildman–Crippen LogP) is 15.7. The van der Waals surface area contributed by atoms with Gasteiger partial charge in [-0.15, -0.1) is 23.8 Å². The minimum Gasteiger partial charge on any atom is -0.507 e. The number of phenolic OH excluding ortho intramolecular Hbond substituents is 1. The van der Waals surface area contributed by atoms with Crippen molar-refractivity contribution in [1.82, 2.24) is 14.5 Å². The number of hydrogen-bond donors (Lipinski definition) is 1. The van der Waals surface area contributed by atoms with Gasteiger partial charge in [-0.25, -0.2) is 4.98 Å². The van der Waals surface area contributed by atoms with Crippen LogP contribution in [0.1, 0.15) is 96.3 Å². The Labute approximate surface area is 424 Å². The van der Waals surface area contributed by atoms with Crippen LogP contribution in [0.5, 0.6) is 5.75 Å². The first-order valence-corrected chi connectivity index (χ1v) is 21.0. The molecule has 4 nitrogen and oxygen atoms in total. The predicted molar refractivity (Wildman–Crippen MR) is 268 cm³/mol. The fourth-order valence-electron chi connectivity index (χ4n) is 8.33. The van der Waals surface area contributed by atoms with Crippen LogP contribution < -0.4 is 0 Å². The molecular formula is C60H56N3OPt-. The van der Waals surface area contributed by atoms with Crippen LogP contribution in [0, 0.1) is 12.0 Å². The summed E-state index contributed by atoms with van der Waals surface area (Å²) in [6.07, 6.45) is 2.20. The maximum Gasteiger partial charge on any atom is 0.148 e. The Balaban J connectivity index is 0.00000900. The average molecular weight is 1050 g/mol. The Morgan fingerprint density at radius 2 is 1.25 bits per heavy atom. The van der Waals surface area contributed by atoms with Crippen molar-refractivity contribution in [2.75, 3.05) is 0 Å². The quantitative estimate of drug-likeness (QED) is 0.147. The topological polar surface area (TPSA) is 50.9 Å². The van der Waals surface area contributed by atoms with Gasteiger partial charge in [-0.3, -0.25) is 9.55 Å². The number of fused-ring (bicyclic) bond motifs is 1. The molecule has 0 bridgehead atoms. The summed E-state index contributed by atoms with van der Waals surface area (Å²) in [5, 5.41) is 13.0. The monoisotopic (exact) mass is 1050 g/mol. The van der Waals surface area contributed by atoms with E-state index in [1.165, 1.54) is 4.57 Å². The van der Waals surface area contributed by atoms with Crippen LogP contribution in [-0.2, 0) is 38.3 Å². The number of hydrogen-bond acceptors (Lipinski definition) is 3. The molecule has 0 aliphatic carbocycles. The van der Waals surface area contributed by atoms with Gasteiger partial charge in [0.05, 0.1) is 16.6 Å². The molecule has 0 saturated heterocycles. The van der Waals surface area contributed by atoms with E-state index in [0.717, 1.165) is 45.0 Å². The van der Waals surface area contributed by atoms with Crippen LogP contribution in [-0.4, -0.2) is 19.6 Å². The van der Waals surface area contributed by atoms with E-state index in [1.807, 2.05) is 141 Å². The molecule has 9 rings (SSSR count). The Kier molecular flexibility index (Phi) is 7.83. The number of para-hydroxylation sites is 1. The average Bonchev–Trinajstić information content (AvgIpc) is 1.82. The summed E-state index contributed by atoms with van der Waals surface area (Å²) in [5.41, 5.74) is -2.94. The molecule has 7 aromatic carbocycles. The Bertz CT molecular complexity index is 3740. The van der Waals surface area contributed by atoms with Crippen molar-refractivity contribution in [3.05, 3.63) is 193 Å². The van der Waals surface area contributed by atoms with E-state index in [0.29, 0.717) is 40.6 Å². The van der Waals surface area contributed by atoms with Crippen LogP contribution in [0.2, 0.25) is 0 Å². The maximum absolute atomic E-state index is 13.0. The zero-order valence-corrected chi connectivity index (χ0v) is 37.8. The van der Waals surface area contributed by atoms with Gasteiger partial charge in [0.25, 0.3) is 0 Å². The first kappa shape index (κ1) is 27.9. The van der Waals surface area contributed by atoms with Gasteiger partial charge in [0.1, 0.15) is 11.6 Å². The standard InChI is InChI=1S/C60H56N3O.Pt/c1-39(2)31-45-35-49(27-28-50(45)42-23-16-11-17-24-42)63-55-26-18-25-51(56(55)62-58(63)52-37-48(59(3,4)5)38-53(57(52)64)60(6,7)8)46-32-44(41-21-14-10-15-22-41)33-47(34-46)54-36-43(29-30-61-54)40-19-12-9-13-20-40;/h9-30,32-33,35-39,64H,31H2,1-8H3;/q-1;/i3D3,4D3,5D3,6D3,7D3,8D3;. The van der Waals surface area contributed by atoms with Crippen LogP contribution >= 0.6 is 0 Å². The largest absolute Gasteiger partial charge is 0.507 e. The Hall–Kier alpha value is -6.35. The smallest absolute Gasteiger partial charge is 0.148 e. The molecule has 0 aliphatic rings. The summed E-state index contributed by atoms with van der Waals surface area (Å²) < 4.78 is 159. The van der Waals surface area contributed by atoms with E-state index in [2.05, 4.69) is 6.07 Å². The van der Waals surface area contributed by atoms with E-state index in [-0.39, 0.29) is 38.0 Å². The molecule has 2 heterocycles. The maximum atomic E-state index is 13.0. The third-order valence-corrected chi connectivity index (χ3v) is 11.3. The first-order valence-electron chi connectivity index (χ1n) is 30.0. The second-order valence-corrected chi connectivity index (χ2v) is 16.5. The second-order valence-electron chi connectivity index (χ2n) is 16.5. The number of pyridine rings is 1. The third-order valence-electron chi connectivity index (χ3n) is 11.3. The fourth-order valence-corrected chi connectivity index (χ4v) is 8.33. The summed E-state index contributed by atoms with van der Waals surface area (Å²) in [5.74, 6) is -1.68. The molecule has 65 heavy (non-hydrogen) atoms. The van der Waals surface area contributed by atoms with E-state index in [1.54, 1.807) is 30.5 Å². The fraction of sp³-hybridized carbons (Fsp3) is 0.200. The van der Waals surface area contributed by atoms with Crippen molar-refractivity contribution in [2.45, 2.75) is 72.2 Å². The minimum atomic E-state index is -4.13. The van der Waals surface area contributed by atoms with E-state index in [9.17, 15) is 5.11 Å². The van der Waals surface area contributed by atoms with Crippen molar-refractivity contribution < 1.29 is 50.8 Å². The molecule has 1 N–H and O–H groups in total. The zero-order chi connectivity index (χ0) is 59.8. The van der Waals surface area contributed by atoms with Crippen LogP contribution in [0.4, 0.5) is 0 Å². The normalized spacial score (nSPS) is 17.1. The molecule has 0 atom stereocenters. The van der Waals surface area contributed by atoms with Crippen LogP contribution in [0.15, 0.2) is 170 Å². The molecule has 0 unspecified atom stereocenters. The van der Waals surface area contributed by atoms with Crippen molar-refractivity contribution in [2.24, 2.45) is 5.92 Å². The van der Waals surface area contributed by atoms with Crippen molar-refractivity contribution >= 4 is 11.0 Å². The van der Waals surface area contributed by atoms with E-state index < -0.39 is 80.2 Å². The van der Waals surface area contributed by atoms with E-state index >= 15 is 0 Å². The number of aromatic nitrogens is 3. The van der Waals surface area contributed by atoms with Crippen molar-refractivity contribution in [1.29, 1.82) is 0 Å². The van der Waals surface area contributed by atoms with Gasteiger partial charge in [-0.1, -0.05) is 193 Å². The number of nitrogens with zero attached hydrogens (tertiary/aromatic N) is 3. The number of imidazole rings is 1. The molecule has 0 aliphatic heterocycles. The Morgan fingerprint density at radius 1 is 0.600 bits per heavy atom. The van der Waals surface area contributed by atoms with Gasteiger partial charge in [-0.2, -0.15) is 0 Å².